The highest BCUT2D eigenvalue weighted by Crippen LogP contribution is 2.31. The van der Waals surface area contributed by atoms with Crippen LogP contribution in [0.5, 0.6) is 0 Å². The van der Waals surface area contributed by atoms with E-state index in [1.165, 1.54) is 27.8 Å². The highest BCUT2D eigenvalue weighted by molar-refractivity contribution is 5.75. The van der Waals surface area contributed by atoms with Crippen LogP contribution in [0.1, 0.15) is 42.1 Å². The summed E-state index contributed by atoms with van der Waals surface area (Å²) in [5, 5.41) is 0. The van der Waals surface area contributed by atoms with Crippen molar-refractivity contribution in [3.63, 3.8) is 0 Å². The first kappa shape index (κ1) is 16.4. The largest absolute Gasteiger partial charge is 0.260 e. The van der Waals surface area contributed by atoms with E-state index in [-0.39, 0.29) is 0 Å². The van der Waals surface area contributed by atoms with Crippen molar-refractivity contribution in [2.75, 3.05) is 0 Å². The molecule has 0 unspecified atom stereocenters. The van der Waals surface area contributed by atoms with Crippen LogP contribution < -0.4 is 0 Å². The van der Waals surface area contributed by atoms with Gasteiger partial charge in [0, 0.05) is 29.2 Å². The van der Waals surface area contributed by atoms with Crippen LogP contribution in [0.2, 0.25) is 0 Å². The summed E-state index contributed by atoms with van der Waals surface area (Å²) in [5.74, 6) is 0.445. The minimum absolute atomic E-state index is 0.445. The number of hydrogen-bond donors (Lipinski definition) is 0. The molecule has 0 saturated carbocycles. The van der Waals surface area contributed by atoms with E-state index in [2.05, 4.69) is 76.0 Å². The highest BCUT2D eigenvalue weighted by atomic mass is 14.7. The zero-order valence-corrected chi connectivity index (χ0v) is 15.1. The summed E-state index contributed by atoms with van der Waals surface area (Å²) in [7, 11) is 0. The second kappa shape index (κ2) is 6.56. The average molecular weight is 316 g/mol. The number of nitrogens with zero attached hydrogens (tertiary/aromatic N) is 2. The molecular formula is C22H24N2. The lowest BCUT2D eigenvalue weighted by atomic mass is 9.93. The third-order valence-corrected chi connectivity index (χ3v) is 4.53. The van der Waals surface area contributed by atoms with E-state index in [9.17, 15) is 0 Å². The Morgan fingerprint density at radius 3 is 2.04 bits per heavy atom. The molecule has 0 aliphatic heterocycles. The molecule has 0 bridgehead atoms. The lowest BCUT2D eigenvalue weighted by Crippen LogP contribution is -1.95. The van der Waals surface area contributed by atoms with Crippen LogP contribution in [0.15, 0.2) is 48.8 Å². The molecule has 0 spiro atoms. The van der Waals surface area contributed by atoms with Crippen LogP contribution in [0.4, 0.5) is 0 Å². The van der Waals surface area contributed by atoms with Crippen molar-refractivity contribution in [3.05, 3.63) is 71.2 Å². The van der Waals surface area contributed by atoms with Crippen molar-refractivity contribution in [1.82, 2.24) is 9.97 Å². The Morgan fingerprint density at radius 2 is 1.50 bits per heavy atom. The van der Waals surface area contributed by atoms with Crippen molar-refractivity contribution >= 4 is 0 Å². The fraction of sp³-hybridized carbons (Fsp3) is 0.273. The quantitative estimate of drug-likeness (QED) is 0.605. The summed E-state index contributed by atoms with van der Waals surface area (Å²) in [4.78, 5) is 9.26. The van der Waals surface area contributed by atoms with Gasteiger partial charge in [-0.15, -0.1) is 0 Å². The Morgan fingerprint density at radius 1 is 0.792 bits per heavy atom. The first-order valence-electron chi connectivity index (χ1n) is 8.47. The Bertz CT molecular complexity index is 841. The molecular weight excluding hydrogens is 292 g/mol. The van der Waals surface area contributed by atoms with Crippen molar-refractivity contribution in [2.45, 2.75) is 40.5 Å². The van der Waals surface area contributed by atoms with Crippen molar-refractivity contribution < 1.29 is 0 Å². The van der Waals surface area contributed by atoms with Gasteiger partial charge < -0.3 is 0 Å². The molecule has 2 nitrogen and oxygen atoms in total. The number of aryl methyl sites for hydroxylation is 3. The minimum Gasteiger partial charge on any atom is -0.260 e. The van der Waals surface area contributed by atoms with Crippen LogP contribution in [0.25, 0.3) is 22.4 Å². The molecule has 0 amide bonds. The van der Waals surface area contributed by atoms with E-state index >= 15 is 0 Å². The molecule has 3 aromatic rings. The van der Waals surface area contributed by atoms with Crippen LogP contribution in [-0.2, 0) is 0 Å². The molecule has 24 heavy (non-hydrogen) atoms. The lowest BCUT2D eigenvalue weighted by Gasteiger charge is -2.13. The summed E-state index contributed by atoms with van der Waals surface area (Å²) in [6.07, 6.45) is 3.92. The molecule has 2 heterocycles. The van der Waals surface area contributed by atoms with Gasteiger partial charge in [-0.3, -0.25) is 9.97 Å². The second-order valence-electron chi connectivity index (χ2n) is 6.78. The molecule has 122 valence electrons. The van der Waals surface area contributed by atoms with Crippen molar-refractivity contribution in [2.24, 2.45) is 0 Å². The molecule has 0 atom stereocenters. The maximum atomic E-state index is 4.70. The third-order valence-electron chi connectivity index (χ3n) is 4.53. The van der Waals surface area contributed by atoms with Crippen molar-refractivity contribution in [1.29, 1.82) is 0 Å². The molecule has 0 N–H and O–H groups in total. The van der Waals surface area contributed by atoms with E-state index in [4.69, 9.17) is 4.98 Å². The fourth-order valence-corrected chi connectivity index (χ4v) is 3.11. The van der Waals surface area contributed by atoms with Gasteiger partial charge >= 0.3 is 0 Å². The first-order chi connectivity index (χ1) is 11.5. The van der Waals surface area contributed by atoms with Gasteiger partial charge in [0.15, 0.2) is 0 Å². The molecule has 0 aliphatic rings. The summed E-state index contributed by atoms with van der Waals surface area (Å²) >= 11 is 0. The van der Waals surface area contributed by atoms with E-state index < -0.39 is 0 Å². The fourth-order valence-electron chi connectivity index (χ4n) is 3.11. The number of pyridine rings is 2. The van der Waals surface area contributed by atoms with Gasteiger partial charge in [-0.25, -0.2) is 0 Å². The molecule has 3 rings (SSSR count). The van der Waals surface area contributed by atoms with Gasteiger partial charge in [0.1, 0.15) is 0 Å². The highest BCUT2D eigenvalue weighted by Gasteiger charge is 2.11. The predicted molar refractivity (Wildman–Crippen MR) is 101 cm³/mol. The topological polar surface area (TPSA) is 25.8 Å². The van der Waals surface area contributed by atoms with E-state index in [1.54, 1.807) is 0 Å². The molecule has 0 saturated heterocycles. The second-order valence-corrected chi connectivity index (χ2v) is 6.78. The molecule has 0 fully saturated rings. The monoisotopic (exact) mass is 316 g/mol. The normalized spacial score (nSPS) is 11.1. The zero-order chi connectivity index (χ0) is 17.3. The van der Waals surface area contributed by atoms with Gasteiger partial charge in [-0.1, -0.05) is 32.0 Å². The van der Waals surface area contributed by atoms with Crippen LogP contribution in [0, 0.1) is 20.8 Å². The lowest BCUT2D eigenvalue weighted by molar-refractivity contribution is 0.823. The number of benzene rings is 1. The molecule has 0 radical (unpaired) electrons. The standard InChI is InChI=1S/C22H24N2/c1-14(2)20-10-9-18(12-23-20)21-11-17(5)19(13-24-21)22-15(3)7-6-8-16(22)4/h6-14H,1-5H3. The number of aromatic nitrogens is 2. The van der Waals surface area contributed by atoms with Gasteiger partial charge in [-0.05, 0) is 67.1 Å². The smallest absolute Gasteiger partial charge is 0.0720 e. The van der Waals surface area contributed by atoms with E-state index in [0.717, 1.165) is 17.0 Å². The summed E-state index contributed by atoms with van der Waals surface area (Å²) < 4.78 is 0. The van der Waals surface area contributed by atoms with E-state index in [1.807, 2.05) is 12.4 Å². The summed E-state index contributed by atoms with van der Waals surface area (Å²) in [5.41, 5.74) is 9.48. The summed E-state index contributed by atoms with van der Waals surface area (Å²) in [6.45, 7) is 10.8. The van der Waals surface area contributed by atoms with Gasteiger partial charge in [0.05, 0.1) is 5.69 Å². The molecule has 2 heteroatoms. The third kappa shape index (κ3) is 3.09. The average Bonchev–Trinajstić information content (AvgIpc) is 2.56. The molecule has 2 aromatic heterocycles. The van der Waals surface area contributed by atoms with Crippen LogP contribution >= 0.6 is 0 Å². The minimum atomic E-state index is 0.445. The zero-order valence-electron chi connectivity index (χ0n) is 15.1. The van der Waals surface area contributed by atoms with Gasteiger partial charge in [0.25, 0.3) is 0 Å². The Hall–Kier alpha value is -2.48. The Labute approximate surface area is 144 Å². The molecule has 0 aliphatic carbocycles. The SMILES string of the molecule is Cc1cc(-c2ccc(C(C)C)nc2)ncc1-c1c(C)cccc1C. The van der Waals surface area contributed by atoms with Gasteiger partial charge in [0.2, 0.25) is 0 Å². The molecule has 1 aromatic carbocycles. The predicted octanol–water partition coefficient (Wildman–Crippen LogP) is 5.86. The van der Waals surface area contributed by atoms with Crippen molar-refractivity contribution in [3.8, 4) is 22.4 Å². The first-order valence-corrected chi connectivity index (χ1v) is 8.47. The Kier molecular flexibility index (Phi) is 4.48. The maximum absolute atomic E-state index is 4.70. The summed E-state index contributed by atoms with van der Waals surface area (Å²) in [6, 6.07) is 12.8. The van der Waals surface area contributed by atoms with E-state index in [0.29, 0.717) is 5.92 Å². The number of hydrogen-bond acceptors (Lipinski definition) is 2. The van der Waals surface area contributed by atoms with Crippen LogP contribution in [-0.4, -0.2) is 9.97 Å². The maximum Gasteiger partial charge on any atom is 0.0720 e. The Balaban J connectivity index is 2.01. The van der Waals surface area contributed by atoms with Gasteiger partial charge in [-0.2, -0.15) is 0 Å². The number of rotatable bonds is 3. The van der Waals surface area contributed by atoms with Crippen LogP contribution in [0.3, 0.4) is 0 Å².